The average molecular weight is 447 g/mol. The number of rotatable bonds is 8. The van der Waals surface area contributed by atoms with Crippen molar-refractivity contribution < 1.29 is 23.8 Å². The van der Waals surface area contributed by atoms with Crippen LogP contribution in [0.5, 0.6) is 17.2 Å². The molecular weight excluding hydrogens is 420 g/mol. The van der Waals surface area contributed by atoms with E-state index in [0.717, 1.165) is 22.6 Å². The third-order valence-electron chi connectivity index (χ3n) is 5.74. The van der Waals surface area contributed by atoms with Gasteiger partial charge in [0.1, 0.15) is 17.2 Å². The van der Waals surface area contributed by atoms with Crippen LogP contribution in [0.3, 0.4) is 0 Å². The summed E-state index contributed by atoms with van der Waals surface area (Å²) >= 11 is 0. The van der Waals surface area contributed by atoms with Crippen LogP contribution >= 0.6 is 0 Å². The summed E-state index contributed by atoms with van der Waals surface area (Å²) in [5.41, 5.74) is 3.39. The van der Waals surface area contributed by atoms with E-state index in [9.17, 15) is 9.59 Å². The quantitative estimate of drug-likeness (QED) is 0.569. The van der Waals surface area contributed by atoms with Crippen LogP contribution in [-0.2, 0) is 13.0 Å². The largest absolute Gasteiger partial charge is 0.497 e. The zero-order valence-corrected chi connectivity index (χ0v) is 18.9. The maximum atomic E-state index is 13.2. The Hall–Kier alpha value is -4.00. The molecule has 1 aliphatic rings. The summed E-state index contributed by atoms with van der Waals surface area (Å²) in [6.45, 7) is 0.826. The lowest BCUT2D eigenvalue weighted by molar-refractivity contribution is 0.0937. The second-order valence-electron chi connectivity index (χ2n) is 7.61. The minimum absolute atomic E-state index is 0.183. The van der Waals surface area contributed by atoms with Crippen LogP contribution < -0.4 is 24.4 Å². The van der Waals surface area contributed by atoms with E-state index in [1.54, 1.807) is 32.3 Å². The molecule has 170 valence electrons. The van der Waals surface area contributed by atoms with Crippen molar-refractivity contribution in [2.45, 2.75) is 13.0 Å². The first-order valence-electron chi connectivity index (χ1n) is 10.6. The van der Waals surface area contributed by atoms with Gasteiger partial charge in [-0.1, -0.05) is 18.2 Å². The molecule has 1 aliphatic heterocycles. The van der Waals surface area contributed by atoms with Gasteiger partial charge in [-0.05, 0) is 53.9 Å². The molecule has 3 aromatic rings. The van der Waals surface area contributed by atoms with Gasteiger partial charge in [-0.2, -0.15) is 0 Å². The van der Waals surface area contributed by atoms with E-state index in [1.807, 2.05) is 54.6 Å². The van der Waals surface area contributed by atoms with Gasteiger partial charge in [0.25, 0.3) is 11.8 Å². The van der Waals surface area contributed by atoms with Gasteiger partial charge in [0, 0.05) is 18.3 Å². The van der Waals surface area contributed by atoms with Crippen LogP contribution in [0.2, 0.25) is 0 Å². The molecule has 7 heteroatoms. The number of nitrogens with zero attached hydrogens (tertiary/aromatic N) is 1. The van der Waals surface area contributed by atoms with E-state index < -0.39 is 0 Å². The smallest absolute Gasteiger partial charge is 0.259 e. The highest BCUT2D eigenvalue weighted by Gasteiger charge is 2.32. The first-order valence-corrected chi connectivity index (χ1v) is 10.6. The second kappa shape index (κ2) is 9.65. The third-order valence-corrected chi connectivity index (χ3v) is 5.74. The topological polar surface area (TPSA) is 77.1 Å². The van der Waals surface area contributed by atoms with Crippen molar-refractivity contribution >= 4 is 17.5 Å². The lowest BCUT2D eigenvalue weighted by atomic mass is 10.0. The minimum Gasteiger partial charge on any atom is -0.497 e. The SMILES string of the molecule is COc1ccc(N2Cc3cccc(C(=O)NCCc4ccc(OC)cc4OC)c3C2=O)cc1. The van der Waals surface area contributed by atoms with Gasteiger partial charge in [0.05, 0.1) is 39.0 Å². The van der Waals surface area contributed by atoms with Crippen LogP contribution in [0.1, 0.15) is 31.8 Å². The van der Waals surface area contributed by atoms with Crippen LogP contribution in [-0.4, -0.2) is 39.7 Å². The van der Waals surface area contributed by atoms with Gasteiger partial charge in [0.15, 0.2) is 0 Å². The summed E-state index contributed by atoms with van der Waals surface area (Å²) in [7, 11) is 4.80. The Morgan fingerprint density at radius 3 is 2.36 bits per heavy atom. The monoisotopic (exact) mass is 446 g/mol. The Morgan fingerprint density at radius 2 is 1.67 bits per heavy atom. The molecule has 0 atom stereocenters. The Morgan fingerprint density at radius 1 is 0.939 bits per heavy atom. The zero-order valence-electron chi connectivity index (χ0n) is 18.9. The lowest BCUT2D eigenvalue weighted by Crippen LogP contribution is -2.29. The fourth-order valence-corrected chi connectivity index (χ4v) is 3.99. The maximum absolute atomic E-state index is 13.2. The van der Waals surface area contributed by atoms with Gasteiger partial charge in [-0.15, -0.1) is 0 Å². The highest BCUT2D eigenvalue weighted by Crippen LogP contribution is 2.31. The van der Waals surface area contributed by atoms with Gasteiger partial charge in [-0.25, -0.2) is 0 Å². The number of nitrogens with one attached hydrogen (secondary N) is 1. The summed E-state index contributed by atoms with van der Waals surface area (Å²) in [5, 5.41) is 2.93. The van der Waals surface area contributed by atoms with Gasteiger partial charge >= 0.3 is 0 Å². The Kier molecular flexibility index (Phi) is 6.49. The fraction of sp³-hybridized carbons (Fsp3) is 0.231. The number of ether oxygens (including phenoxy) is 3. The molecule has 0 fully saturated rings. The second-order valence-corrected chi connectivity index (χ2v) is 7.61. The van der Waals surface area contributed by atoms with Crippen molar-refractivity contribution in [3.8, 4) is 17.2 Å². The number of carbonyl (C=O) groups excluding carboxylic acids is 2. The van der Waals surface area contributed by atoms with Gasteiger partial charge < -0.3 is 24.4 Å². The van der Waals surface area contributed by atoms with E-state index >= 15 is 0 Å². The van der Waals surface area contributed by atoms with Crippen molar-refractivity contribution in [1.29, 1.82) is 0 Å². The molecule has 0 aliphatic carbocycles. The number of hydrogen-bond donors (Lipinski definition) is 1. The van der Waals surface area contributed by atoms with E-state index in [4.69, 9.17) is 14.2 Å². The average Bonchev–Trinajstić information content (AvgIpc) is 3.20. The standard InChI is InChI=1S/C26H26N2O5/c1-31-20-11-8-19(9-12-20)28-16-18-5-4-6-22(24(18)26(28)30)25(29)27-14-13-17-7-10-21(32-2)15-23(17)33-3/h4-12,15H,13-14,16H2,1-3H3,(H,27,29). The number of anilines is 1. The third kappa shape index (κ3) is 4.48. The maximum Gasteiger partial charge on any atom is 0.259 e. The highest BCUT2D eigenvalue weighted by molar-refractivity contribution is 6.16. The van der Waals surface area contributed by atoms with Crippen LogP contribution in [0.25, 0.3) is 0 Å². The molecule has 33 heavy (non-hydrogen) atoms. The molecule has 2 amide bonds. The Labute approximate surface area is 192 Å². The Balaban J connectivity index is 1.47. The number of benzene rings is 3. The van der Waals surface area contributed by atoms with Crippen molar-refractivity contribution in [2.24, 2.45) is 0 Å². The zero-order chi connectivity index (χ0) is 23.4. The first-order chi connectivity index (χ1) is 16.0. The number of amides is 2. The van der Waals surface area contributed by atoms with Crippen LogP contribution in [0, 0.1) is 0 Å². The van der Waals surface area contributed by atoms with Crippen molar-refractivity contribution in [3.05, 3.63) is 82.9 Å². The van der Waals surface area contributed by atoms with E-state index in [-0.39, 0.29) is 11.8 Å². The summed E-state index contributed by atoms with van der Waals surface area (Å²) in [4.78, 5) is 27.8. The number of carbonyl (C=O) groups is 2. The molecule has 0 spiro atoms. The number of fused-ring (bicyclic) bond motifs is 1. The molecular formula is C26H26N2O5. The minimum atomic E-state index is -0.274. The van der Waals surface area contributed by atoms with E-state index in [2.05, 4.69) is 5.32 Å². The van der Waals surface area contributed by atoms with Crippen molar-refractivity contribution in [2.75, 3.05) is 32.8 Å². The molecule has 0 unspecified atom stereocenters. The molecule has 0 aromatic heterocycles. The number of hydrogen-bond acceptors (Lipinski definition) is 5. The first kappa shape index (κ1) is 22.2. The van der Waals surface area contributed by atoms with E-state index in [1.165, 1.54) is 0 Å². The Bertz CT molecular complexity index is 1170. The van der Waals surface area contributed by atoms with E-state index in [0.29, 0.717) is 42.1 Å². The fourth-order valence-electron chi connectivity index (χ4n) is 3.99. The summed E-state index contributed by atoms with van der Waals surface area (Å²) < 4.78 is 15.8. The predicted octanol–water partition coefficient (Wildman–Crippen LogP) is 3.85. The molecule has 1 N–H and O–H groups in total. The highest BCUT2D eigenvalue weighted by atomic mass is 16.5. The normalized spacial score (nSPS) is 12.3. The molecule has 0 saturated heterocycles. The van der Waals surface area contributed by atoms with Gasteiger partial charge in [-0.3, -0.25) is 9.59 Å². The predicted molar refractivity (Wildman–Crippen MR) is 126 cm³/mol. The van der Waals surface area contributed by atoms with Crippen molar-refractivity contribution in [1.82, 2.24) is 5.32 Å². The van der Waals surface area contributed by atoms with Crippen LogP contribution in [0.15, 0.2) is 60.7 Å². The molecule has 7 nitrogen and oxygen atoms in total. The molecule has 0 radical (unpaired) electrons. The molecule has 4 rings (SSSR count). The van der Waals surface area contributed by atoms with Crippen molar-refractivity contribution in [3.63, 3.8) is 0 Å². The summed E-state index contributed by atoms with van der Waals surface area (Å²) in [5.74, 6) is 1.67. The van der Waals surface area contributed by atoms with Gasteiger partial charge in [0.2, 0.25) is 0 Å². The number of methoxy groups -OCH3 is 3. The molecule has 3 aromatic carbocycles. The molecule has 0 saturated carbocycles. The van der Waals surface area contributed by atoms with Crippen LogP contribution in [0.4, 0.5) is 5.69 Å². The summed E-state index contributed by atoms with van der Waals surface area (Å²) in [6.07, 6.45) is 0.583. The molecule has 1 heterocycles. The summed E-state index contributed by atoms with van der Waals surface area (Å²) in [6, 6.07) is 18.3. The lowest BCUT2D eigenvalue weighted by Gasteiger charge is -2.16. The molecule has 0 bridgehead atoms.